The van der Waals surface area contributed by atoms with Gasteiger partial charge in [-0.3, -0.25) is 9.36 Å². The van der Waals surface area contributed by atoms with E-state index < -0.39 is 21.9 Å². The van der Waals surface area contributed by atoms with E-state index in [0.717, 1.165) is 0 Å². The lowest BCUT2D eigenvalue weighted by atomic mass is 10.1. The molecule has 0 saturated carbocycles. The molecule has 1 aromatic carbocycles. The summed E-state index contributed by atoms with van der Waals surface area (Å²) in [5, 5.41) is 0.172. The third-order valence-electron chi connectivity index (χ3n) is 4.55. The summed E-state index contributed by atoms with van der Waals surface area (Å²) in [5.41, 5.74) is 0.779. The summed E-state index contributed by atoms with van der Waals surface area (Å²) in [6.45, 7) is 9.43. The van der Waals surface area contributed by atoms with Crippen LogP contribution in [-0.4, -0.2) is 50.9 Å². The molecule has 1 atom stereocenters. The van der Waals surface area contributed by atoms with E-state index in [1.807, 2.05) is 25.7 Å². The van der Waals surface area contributed by atoms with Crippen LogP contribution in [0.5, 0.6) is 0 Å². The predicted octanol–water partition coefficient (Wildman–Crippen LogP) is 2.18. The first-order chi connectivity index (χ1) is 13.1. The van der Waals surface area contributed by atoms with Crippen molar-refractivity contribution in [3.63, 3.8) is 0 Å². The minimum absolute atomic E-state index is 0.172. The zero-order valence-corrected chi connectivity index (χ0v) is 17.6. The Labute approximate surface area is 166 Å². The van der Waals surface area contributed by atoms with E-state index in [-0.39, 0.29) is 10.9 Å². The van der Waals surface area contributed by atoms with Gasteiger partial charge < -0.3 is 14.2 Å². The Hall–Kier alpha value is -1.97. The first-order valence-electron chi connectivity index (χ1n) is 9.10. The Morgan fingerprint density at radius 3 is 2.57 bits per heavy atom. The summed E-state index contributed by atoms with van der Waals surface area (Å²) in [6, 6.07) is 2.47. The lowest BCUT2D eigenvalue weighted by Crippen LogP contribution is -2.40. The van der Waals surface area contributed by atoms with Crippen molar-refractivity contribution in [3.05, 3.63) is 33.9 Å². The quantitative estimate of drug-likeness (QED) is 0.574. The second kappa shape index (κ2) is 7.81. The maximum Gasteiger partial charge on any atom is 0.262 e. The Morgan fingerprint density at radius 2 is 1.96 bits per heavy atom. The Kier molecular flexibility index (Phi) is 5.79. The summed E-state index contributed by atoms with van der Waals surface area (Å²) in [4.78, 5) is 19.5. The summed E-state index contributed by atoms with van der Waals surface area (Å²) in [6.07, 6.45) is 0. The van der Waals surface area contributed by atoms with Gasteiger partial charge >= 0.3 is 0 Å². The SMILES string of the molecule is C/C(=N/[S+]([O-])C(C)(C)C)c1cc(F)cc2c(=O)n(C)c(N3CCOCC3)nc12. The number of aromatic nitrogens is 2. The van der Waals surface area contributed by atoms with E-state index in [2.05, 4.69) is 9.38 Å². The highest BCUT2D eigenvalue weighted by Gasteiger charge is 2.27. The van der Waals surface area contributed by atoms with Crippen LogP contribution in [0.1, 0.15) is 33.3 Å². The Bertz CT molecular complexity index is 978. The summed E-state index contributed by atoms with van der Waals surface area (Å²) < 4.78 is 37.2. The van der Waals surface area contributed by atoms with Gasteiger partial charge in [0.05, 0.1) is 29.8 Å². The van der Waals surface area contributed by atoms with Crippen molar-refractivity contribution in [2.45, 2.75) is 32.4 Å². The molecular weight excluding hydrogens is 383 g/mol. The lowest BCUT2D eigenvalue weighted by Gasteiger charge is -2.29. The molecule has 9 heteroatoms. The number of benzene rings is 1. The maximum absolute atomic E-state index is 14.3. The van der Waals surface area contributed by atoms with Gasteiger partial charge in [-0.05, 0) is 39.8 Å². The van der Waals surface area contributed by atoms with Gasteiger partial charge in [0.25, 0.3) is 5.56 Å². The largest absolute Gasteiger partial charge is 0.591 e. The molecule has 0 amide bonds. The molecule has 0 radical (unpaired) electrons. The molecule has 1 fully saturated rings. The fraction of sp³-hybridized carbons (Fsp3) is 0.526. The lowest BCUT2D eigenvalue weighted by molar-refractivity contribution is 0.121. The van der Waals surface area contributed by atoms with Gasteiger partial charge in [0.15, 0.2) is 0 Å². The highest BCUT2D eigenvalue weighted by Crippen LogP contribution is 2.23. The molecule has 1 aliphatic heterocycles. The smallest absolute Gasteiger partial charge is 0.262 e. The summed E-state index contributed by atoms with van der Waals surface area (Å²) in [5.74, 6) is -0.0602. The Balaban J connectivity index is 2.21. The molecular formula is C19H25FN4O3S. The highest BCUT2D eigenvalue weighted by atomic mass is 32.2. The van der Waals surface area contributed by atoms with Crippen LogP contribution in [0.4, 0.5) is 10.3 Å². The van der Waals surface area contributed by atoms with Gasteiger partial charge in [-0.1, -0.05) is 4.40 Å². The Morgan fingerprint density at radius 1 is 1.32 bits per heavy atom. The number of rotatable bonds is 3. The number of morpholine rings is 1. The minimum Gasteiger partial charge on any atom is -0.591 e. The van der Waals surface area contributed by atoms with Gasteiger partial charge in [0.2, 0.25) is 5.95 Å². The first kappa shape index (κ1) is 20.8. The van der Waals surface area contributed by atoms with Gasteiger partial charge in [0.1, 0.15) is 21.9 Å². The van der Waals surface area contributed by atoms with Gasteiger partial charge in [0, 0.05) is 25.7 Å². The number of ether oxygens (including phenoxy) is 1. The van der Waals surface area contributed by atoms with Gasteiger partial charge in [-0.15, -0.1) is 0 Å². The first-order valence-corrected chi connectivity index (χ1v) is 10.2. The number of halogens is 1. The zero-order valence-electron chi connectivity index (χ0n) is 16.8. The van der Waals surface area contributed by atoms with Crippen molar-refractivity contribution in [2.75, 3.05) is 31.2 Å². The molecule has 0 N–H and O–H groups in total. The second-order valence-corrected chi connectivity index (χ2v) is 9.67. The van der Waals surface area contributed by atoms with Crippen molar-refractivity contribution in [1.82, 2.24) is 9.55 Å². The number of anilines is 1. The van der Waals surface area contributed by atoms with Crippen molar-refractivity contribution in [1.29, 1.82) is 0 Å². The number of fused-ring (bicyclic) bond motifs is 1. The van der Waals surface area contributed by atoms with Crippen molar-refractivity contribution < 1.29 is 13.7 Å². The fourth-order valence-electron chi connectivity index (χ4n) is 2.96. The van der Waals surface area contributed by atoms with Crippen LogP contribution in [0.2, 0.25) is 0 Å². The van der Waals surface area contributed by atoms with E-state index in [1.54, 1.807) is 14.0 Å². The molecule has 2 heterocycles. The molecule has 1 unspecified atom stereocenters. The molecule has 2 aromatic rings. The average molecular weight is 408 g/mol. The van der Waals surface area contributed by atoms with E-state index >= 15 is 0 Å². The van der Waals surface area contributed by atoms with E-state index in [9.17, 15) is 13.7 Å². The minimum atomic E-state index is -1.51. The normalized spacial score (nSPS) is 17.2. The molecule has 28 heavy (non-hydrogen) atoms. The standard InChI is InChI=1S/C19H25FN4O3S/c1-12(22-28(26)19(2,3)4)14-10-13(20)11-15-16(14)21-18(23(5)17(15)25)24-6-8-27-9-7-24/h10-11H,6-9H2,1-5H3/b22-12-. The van der Waals surface area contributed by atoms with Crippen LogP contribution in [0.15, 0.2) is 21.3 Å². The number of hydrogen-bond acceptors (Lipinski definition) is 6. The molecule has 0 bridgehead atoms. The van der Waals surface area contributed by atoms with Crippen LogP contribution in [0, 0.1) is 5.82 Å². The fourth-order valence-corrected chi connectivity index (χ4v) is 3.58. The van der Waals surface area contributed by atoms with Crippen LogP contribution >= 0.6 is 0 Å². The van der Waals surface area contributed by atoms with Gasteiger partial charge in [-0.25, -0.2) is 9.37 Å². The van der Waals surface area contributed by atoms with Crippen molar-refractivity contribution in [2.24, 2.45) is 11.4 Å². The third-order valence-corrected chi connectivity index (χ3v) is 6.04. The highest BCUT2D eigenvalue weighted by molar-refractivity contribution is 7.91. The predicted molar refractivity (Wildman–Crippen MR) is 110 cm³/mol. The van der Waals surface area contributed by atoms with E-state index in [0.29, 0.717) is 49.0 Å². The molecule has 1 aromatic heterocycles. The van der Waals surface area contributed by atoms with Crippen molar-refractivity contribution >= 4 is 33.9 Å². The molecule has 1 aliphatic rings. The third kappa shape index (κ3) is 4.06. The van der Waals surface area contributed by atoms with E-state index in [1.165, 1.54) is 16.7 Å². The molecule has 0 spiro atoms. The topological polar surface area (TPSA) is 82.8 Å². The van der Waals surface area contributed by atoms with Gasteiger partial charge in [-0.2, -0.15) is 0 Å². The number of nitrogens with zero attached hydrogens (tertiary/aromatic N) is 4. The summed E-state index contributed by atoms with van der Waals surface area (Å²) >= 11 is -1.51. The second-order valence-electron chi connectivity index (χ2n) is 7.76. The number of hydrogen-bond donors (Lipinski definition) is 0. The van der Waals surface area contributed by atoms with Crippen LogP contribution < -0.4 is 10.5 Å². The zero-order chi connectivity index (χ0) is 20.6. The van der Waals surface area contributed by atoms with Crippen LogP contribution in [0.3, 0.4) is 0 Å². The summed E-state index contributed by atoms with van der Waals surface area (Å²) in [7, 11) is 1.62. The van der Waals surface area contributed by atoms with Crippen molar-refractivity contribution in [3.8, 4) is 0 Å². The van der Waals surface area contributed by atoms with Crippen LogP contribution in [0.25, 0.3) is 10.9 Å². The van der Waals surface area contributed by atoms with E-state index in [4.69, 9.17) is 4.74 Å². The monoisotopic (exact) mass is 408 g/mol. The molecule has 7 nitrogen and oxygen atoms in total. The average Bonchev–Trinajstić information content (AvgIpc) is 2.64. The molecule has 152 valence electrons. The maximum atomic E-state index is 14.3. The molecule has 1 saturated heterocycles. The molecule has 0 aliphatic carbocycles. The van der Waals surface area contributed by atoms with Crippen LogP contribution in [-0.2, 0) is 23.1 Å². The molecule has 3 rings (SSSR count).